The molecule has 0 radical (unpaired) electrons. The normalized spacial score (nSPS) is 11.0. The van der Waals surface area contributed by atoms with E-state index in [1.54, 1.807) is 7.11 Å². The zero-order valence-electron chi connectivity index (χ0n) is 22.5. The number of nitrogens with one attached hydrogen (secondary N) is 1. The van der Waals surface area contributed by atoms with Gasteiger partial charge in [0.15, 0.2) is 11.5 Å². The van der Waals surface area contributed by atoms with E-state index in [4.69, 9.17) is 32.2 Å². The number of rotatable bonds is 18. The first-order valence-electron chi connectivity index (χ1n) is 13.1. The van der Waals surface area contributed by atoms with Crippen LogP contribution in [-0.2, 0) is 11.3 Å². The molecule has 202 valence electrons. The van der Waals surface area contributed by atoms with Gasteiger partial charge in [0, 0.05) is 18.5 Å². The molecule has 2 rings (SSSR count). The Kier molecular flexibility index (Phi) is 14.2. The highest BCUT2D eigenvalue weighted by Gasteiger charge is 2.08. The molecule has 0 aliphatic carbocycles. The Labute approximate surface area is 227 Å². The Hall–Kier alpha value is -3.06. The third kappa shape index (κ3) is 12.6. The summed E-state index contributed by atoms with van der Waals surface area (Å²) in [5.74, 6) is 2.85. The fourth-order valence-corrected chi connectivity index (χ4v) is 3.75. The van der Waals surface area contributed by atoms with Crippen molar-refractivity contribution in [2.24, 2.45) is 11.7 Å². The molecular weight excluding hydrogens is 484 g/mol. The van der Waals surface area contributed by atoms with E-state index in [9.17, 15) is 4.79 Å². The minimum Gasteiger partial charge on any atom is -0.494 e. The zero-order valence-corrected chi connectivity index (χ0v) is 23.3. The first kappa shape index (κ1) is 30.2. The molecule has 3 N–H and O–H groups in total. The molecule has 0 heterocycles. The molecular formula is C30H42N2O4S. The van der Waals surface area contributed by atoms with Crippen LogP contribution in [0.2, 0.25) is 0 Å². The van der Waals surface area contributed by atoms with E-state index in [0.29, 0.717) is 48.6 Å². The van der Waals surface area contributed by atoms with E-state index in [1.165, 1.54) is 0 Å². The van der Waals surface area contributed by atoms with Crippen molar-refractivity contribution in [2.75, 3.05) is 20.3 Å². The lowest BCUT2D eigenvalue weighted by Gasteiger charge is -2.13. The number of benzene rings is 2. The smallest absolute Gasteiger partial charge is 0.220 e. The van der Waals surface area contributed by atoms with Crippen LogP contribution in [0, 0.1) is 5.92 Å². The van der Waals surface area contributed by atoms with Gasteiger partial charge in [-0.25, -0.2) is 0 Å². The van der Waals surface area contributed by atoms with E-state index in [2.05, 4.69) is 31.3 Å². The summed E-state index contributed by atoms with van der Waals surface area (Å²) in [6, 6.07) is 13.3. The van der Waals surface area contributed by atoms with Crippen molar-refractivity contribution in [3.05, 3.63) is 65.7 Å². The van der Waals surface area contributed by atoms with Crippen LogP contribution in [0.15, 0.2) is 54.6 Å². The summed E-state index contributed by atoms with van der Waals surface area (Å²) < 4.78 is 17.2. The summed E-state index contributed by atoms with van der Waals surface area (Å²) in [5, 5.41) is 2.99. The lowest BCUT2D eigenvalue weighted by Crippen LogP contribution is -2.22. The van der Waals surface area contributed by atoms with Crippen molar-refractivity contribution >= 4 is 23.1 Å². The molecule has 0 fully saturated rings. The molecule has 7 heteroatoms. The summed E-state index contributed by atoms with van der Waals surface area (Å²) in [6.07, 6.45) is 10.8. The average molecular weight is 527 g/mol. The van der Waals surface area contributed by atoms with Crippen LogP contribution in [0.4, 0.5) is 0 Å². The van der Waals surface area contributed by atoms with Gasteiger partial charge in [0.1, 0.15) is 10.7 Å². The topological polar surface area (TPSA) is 82.8 Å². The van der Waals surface area contributed by atoms with Gasteiger partial charge in [-0.3, -0.25) is 4.79 Å². The highest BCUT2D eigenvalue weighted by molar-refractivity contribution is 7.80. The number of thiocarbonyl (C=S) groups is 1. The number of hydrogen-bond donors (Lipinski definition) is 2. The summed E-state index contributed by atoms with van der Waals surface area (Å²) in [7, 11) is 1.63. The predicted molar refractivity (Wildman–Crippen MR) is 154 cm³/mol. The quantitative estimate of drug-likeness (QED) is 0.134. The molecule has 2 aromatic carbocycles. The van der Waals surface area contributed by atoms with E-state index >= 15 is 0 Å². The number of carbonyl (C=O) groups is 1. The van der Waals surface area contributed by atoms with Crippen molar-refractivity contribution in [2.45, 2.75) is 65.3 Å². The van der Waals surface area contributed by atoms with Gasteiger partial charge in [0.25, 0.3) is 0 Å². The van der Waals surface area contributed by atoms with Crippen LogP contribution in [0.1, 0.15) is 69.9 Å². The predicted octanol–water partition coefficient (Wildman–Crippen LogP) is 6.35. The number of carbonyl (C=O) groups excluding carboxylic acids is 1. The third-order valence-electron chi connectivity index (χ3n) is 5.72. The third-order valence-corrected chi connectivity index (χ3v) is 5.95. The summed E-state index contributed by atoms with van der Waals surface area (Å²) >= 11 is 4.96. The number of amides is 1. The maximum atomic E-state index is 12.1. The standard InChI is InChI=1S/C30H42N2O4S/c1-23(2)11-7-4-5-8-12-29(33)32-22-24-13-18-27(28(21-24)34-3)36-20-10-6-9-19-35-26-16-14-25(15-17-26)30(31)37/h7,11,13-18,21,23H,4-6,8-10,12,19-20,22H2,1-3H3,(H2,31,37)(H,32,33)/b11-7+. The maximum absolute atomic E-state index is 12.1. The van der Waals surface area contributed by atoms with E-state index in [-0.39, 0.29) is 5.91 Å². The molecule has 2 aromatic rings. The number of hydrogen-bond acceptors (Lipinski definition) is 5. The molecule has 0 unspecified atom stereocenters. The summed E-state index contributed by atoms with van der Waals surface area (Å²) in [4.78, 5) is 12.5. The second-order valence-corrected chi connectivity index (χ2v) is 9.77. The summed E-state index contributed by atoms with van der Waals surface area (Å²) in [5.41, 5.74) is 7.43. The molecule has 0 saturated carbocycles. The molecule has 0 saturated heterocycles. The Bertz CT molecular complexity index is 990. The molecule has 0 spiro atoms. The average Bonchev–Trinajstić information content (AvgIpc) is 2.89. The van der Waals surface area contributed by atoms with Crippen molar-refractivity contribution in [1.82, 2.24) is 5.32 Å². The van der Waals surface area contributed by atoms with Gasteiger partial charge in [-0.05, 0) is 86.4 Å². The molecule has 0 bridgehead atoms. The Morgan fingerprint density at radius 2 is 1.70 bits per heavy atom. The molecule has 0 aliphatic heterocycles. The van der Waals surface area contributed by atoms with Crippen molar-refractivity contribution in [1.29, 1.82) is 0 Å². The Morgan fingerprint density at radius 1 is 0.973 bits per heavy atom. The monoisotopic (exact) mass is 526 g/mol. The fourth-order valence-electron chi connectivity index (χ4n) is 3.61. The first-order valence-corrected chi connectivity index (χ1v) is 13.6. The van der Waals surface area contributed by atoms with Crippen molar-refractivity contribution in [3.63, 3.8) is 0 Å². The molecule has 0 aromatic heterocycles. The van der Waals surface area contributed by atoms with Gasteiger partial charge in [0.05, 0.1) is 20.3 Å². The zero-order chi connectivity index (χ0) is 26.9. The van der Waals surface area contributed by atoms with Gasteiger partial charge in [-0.1, -0.05) is 44.3 Å². The van der Waals surface area contributed by atoms with Crippen LogP contribution >= 0.6 is 12.2 Å². The van der Waals surface area contributed by atoms with Gasteiger partial charge >= 0.3 is 0 Å². The first-order chi connectivity index (χ1) is 17.9. The molecule has 0 atom stereocenters. The molecule has 6 nitrogen and oxygen atoms in total. The van der Waals surface area contributed by atoms with E-state index in [0.717, 1.165) is 55.4 Å². The van der Waals surface area contributed by atoms with Gasteiger partial charge < -0.3 is 25.3 Å². The van der Waals surface area contributed by atoms with Crippen molar-refractivity contribution < 1.29 is 19.0 Å². The van der Waals surface area contributed by atoms with Crippen LogP contribution in [-0.4, -0.2) is 31.2 Å². The van der Waals surface area contributed by atoms with E-state index < -0.39 is 0 Å². The van der Waals surface area contributed by atoms with Crippen LogP contribution in [0.25, 0.3) is 0 Å². The minimum atomic E-state index is 0.0767. The fraction of sp³-hybridized carbons (Fsp3) is 0.467. The number of unbranched alkanes of at least 4 members (excludes halogenated alkanes) is 4. The van der Waals surface area contributed by atoms with Crippen LogP contribution < -0.4 is 25.3 Å². The number of ether oxygens (including phenoxy) is 3. The Morgan fingerprint density at radius 3 is 2.38 bits per heavy atom. The molecule has 1 amide bonds. The largest absolute Gasteiger partial charge is 0.494 e. The second kappa shape index (κ2) is 17.4. The minimum absolute atomic E-state index is 0.0767. The van der Waals surface area contributed by atoms with Gasteiger partial charge in [-0.15, -0.1) is 0 Å². The second-order valence-electron chi connectivity index (χ2n) is 9.33. The van der Waals surface area contributed by atoms with E-state index in [1.807, 2.05) is 42.5 Å². The van der Waals surface area contributed by atoms with Crippen molar-refractivity contribution in [3.8, 4) is 17.2 Å². The lowest BCUT2D eigenvalue weighted by molar-refractivity contribution is -0.121. The highest BCUT2D eigenvalue weighted by Crippen LogP contribution is 2.28. The highest BCUT2D eigenvalue weighted by atomic mass is 32.1. The lowest BCUT2D eigenvalue weighted by atomic mass is 10.1. The summed E-state index contributed by atoms with van der Waals surface area (Å²) in [6.45, 7) is 6.05. The SMILES string of the molecule is COc1cc(CNC(=O)CCCC/C=C/C(C)C)ccc1OCCCCCOc1ccc(C(N)=S)cc1. The van der Waals surface area contributed by atoms with Gasteiger partial charge in [-0.2, -0.15) is 0 Å². The van der Waals surface area contributed by atoms with Crippen LogP contribution in [0.3, 0.4) is 0 Å². The Balaban J connectivity index is 1.61. The maximum Gasteiger partial charge on any atom is 0.220 e. The number of methoxy groups -OCH3 is 1. The molecule has 37 heavy (non-hydrogen) atoms. The number of nitrogens with two attached hydrogens (primary N) is 1. The molecule has 0 aliphatic rings. The van der Waals surface area contributed by atoms with Crippen LogP contribution in [0.5, 0.6) is 17.2 Å². The number of allylic oxidation sites excluding steroid dienone is 2. The van der Waals surface area contributed by atoms with Gasteiger partial charge in [0.2, 0.25) is 5.91 Å².